The Hall–Kier alpha value is -2.41. The number of anilines is 1. The molecule has 0 saturated carbocycles. The first-order valence-corrected chi connectivity index (χ1v) is 6.31. The summed E-state index contributed by atoms with van der Waals surface area (Å²) in [5, 5.41) is 22.7. The summed E-state index contributed by atoms with van der Waals surface area (Å²) >= 11 is 3.05. The molecule has 0 aliphatic heterocycles. The molecule has 0 aromatic heterocycles. The molecule has 0 bridgehead atoms. The third kappa shape index (κ3) is 3.12. The van der Waals surface area contributed by atoms with Gasteiger partial charge in [0, 0.05) is 23.4 Å². The number of carbonyl (C=O) groups is 1. The fourth-order valence-electron chi connectivity index (χ4n) is 1.58. The first-order chi connectivity index (χ1) is 9.47. The van der Waals surface area contributed by atoms with E-state index in [1.54, 1.807) is 12.1 Å². The molecule has 6 nitrogen and oxygen atoms in total. The predicted molar refractivity (Wildman–Crippen MR) is 76.9 cm³/mol. The van der Waals surface area contributed by atoms with Gasteiger partial charge in [-0.3, -0.25) is 14.9 Å². The number of nitro benzene ring substituents is 1. The number of aromatic hydroxyl groups is 1. The molecule has 0 spiro atoms. The van der Waals surface area contributed by atoms with Gasteiger partial charge in [-0.15, -0.1) is 0 Å². The summed E-state index contributed by atoms with van der Waals surface area (Å²) in [4.78, 5) is 22.2. The highest BCUT2D eigenvalue weighted by Gasteiger charge is 2.16. The van der Waals surface area contributed by atoms with E-state index in [1.807, 2.05) is 0 Å². The Bertz CT molecular complexity index is 688. The van der Waals surface area contributed by atoms with Crippen molar-refractivity contribution in [3.63, 3.8) is 0 Å². The highest BCUT2D eigenvalue weighted by molar-refractivity contribution is 9.10. The van der Waals surface area contributed by atoms with E-state index in [-0.39, 0.29) is 17.0 Å². The third-order valence-electron chi connectivity index (χ3n) is 2.51. The molecular formula is C13H9BrN2O4. The van der Waals surface area contributed by atoms with Crippen molar-refractivity contribution in [2.75, 3.05) is 5.32 Å². The molecule has 2 aromatic rings. The number of halogens is 1. The van der Waals surface area contributed by atoms with Gasteiger partial charge in [-0.05, 0) is 40.2 Å². The van der Waals surface area contributed by atoms with Crippen LogP contribution >= 0.6 is 15.9 Å². The van der Waals surface area contributed by atoms with E-state index >= 15 is 0 Å². The Morgan fingerprint density at radius 1 is 1.25 bits per heavy atom. The van der Waals surface area contributed by atoms with Gasteiger partial charge in [0.25, 0.3) is 11.6 Å². The number of hydrogen-bond acceptors (Lipinski definition) is 4. The number of benzene rings is 2. The van der Waals surface area contributed by atoms with Crippen molar-refractivity contribution in [1.29, 1.82) is 0 Å². The number of nitrogens with one attached hydrogen (secondary N) is 1. The van der Waals surface area contributed by atoms with E-state index in [0.717, 1.165) is 0 Å². The van der Waals surface area contributed by atoms with Crippen molar-refractivity contribution in [2.45, 2.75) is 0 Å². The van der Waals surface area contributed by atoms with E-state index < -0.39 is 10.8 Å². The Morgan fingerprint density at radius 3 is 2.65 bits per heavy atom. The Kier molecular flexibility index (Phi) is 3.99. The molecule has 0 fully saturated rings. The summed E-state index contributed by atoms with van der Waals surface area (Å²) in [5.74, 6) is -0.476. The highest BCUT2D eigenvalue weighted by atomic mass is 79.9. The van der Waals surface area contributed by atoms with Gasteiger partial charge in [-0.2, -0.15) is 0 Å². The summed E-state index contributed by atoms with van der Waals surface area (Å²) in [6, 6.07) is 10.1. The maximum Gasteiger partial charge on any atom is 0.284 e. The van der Waals surface area contributed by atoms with Crippen LogP contribution in [0.25, 0.3) is 0 Å². The van der Waals surface area contributed by atoms with Crippen molar-refractivity contribution in [3.8, 4) is 5.75 Å². The van der Waals surface area contributed by atoms with Crippen LogP contribution in [0.3, 0.4) is 0 Å². The van der Waals surface area contributed by atoms with E-state index in [0.29, 0.717) is 10.2 Å². The van der Waals surface area contributed by atoms with Gasteiger partial charge in [0.05, 0.1) is 9.40 Å². The van der Waals surface area contributed by atoms with Crippen molar-refractivity contribution < 1.29 is 14.8 Å². The molecule has 0 heterocycles. The lowest BCUT2D eigenvalue weighted by atomic mass is 10.2. The Balaban J connectivity index is 2.26. The fraction of sp³-hybridized carbons (Fsp3) is 0. The van der Waals surface area contributed by atoms with Gasteiger partial charge < -0.3 is 10.4 Å². The minimum absolute atomic E-state index is 0.0181. The zero-order chi connectivity index (χ0) is 14.7. The molecule has 20 heavy (non-hydrogen) atoms. The maximum absolute atomic E-state index is 12.0. The van der Waals surface area contributed by atoms with Crippen LogP contribution in [-0.4, -0.2) is 15.9 Å². The predicted octanol–water partition coefficient (Wildman–Crippen LogP) is 3.32. The minimum Gasteiger partial charge on any atom is -0.508 e. The van der Waals surface area contributed by atoms with E-state index in [2.05, 4.69) is 21.2 Å². The van der Waals surface area contributed by atoms with E-state index in [1.165, 1.54) is 30.3 Å². The number of amides is 1. The van der Waals surface area contributed by atoms with Gasteiger partial charge in [0.15, 0.2) is 0 Å². The molecule has 0 unspecified atom stereocenters. The lowest BCUT2D eigenvalue weighted by Gasteiger charge is -2.06. The summed E-state index contributed by atoms with van der Waals surface area (Å²) < 4.78 is 0.302. The molecule has 2 N–H and O–H groups in total. The molecule has 1 amide bonds. The number of nitro groups is 1. The standard InChI is InChI=1S/C13H9BrN2O4/c14-11-5-4-8(6-12(11)16(19)20)13(18)15-9-2-1-3-10(17)7-9/h1-7,17H,(H,15,18). The number of rotatable bonds is 3. The third-order valence-corrected chi connectivity index (χ3v) is 3.18. The van der Waals surface area contributed by atoms with Gasteiger partial charge >= 0.3 is 0 Å². The largest absolute Gasteiger partial charge is 0.508 e. The average Bonchev–Trinajstić information content (AvgIpc) is 2.38. The van der Waals surface area contributed by atoms with Crippen LogP contribution in [0, 0.1) is 10.1 Å². The monoisotopic (exact) mass is 336 g/mol. The molecule has 0 aliphatic carbocycles. The lowest BCUT2D eigenvalue weighted by Crippen LogP contribution is -2.12. The normalized spacial score (nSPS) is 10.1. The number of nitrogens with zero attached hydrogens (tertiary/aromatic N) is 1. The number of carbonyl (C=O) groups excluding carboxylic acids is 1. The summed E-state index contributed by atoms with van der Waals surface area (Å²) in [6.07, 6.45) is 0. The van der Waals surface area contributed by atoms with Crippen molar-refractivity contribution in [2.24, 2.45) is 0 Å². The number of phenols is 1. The second kappa shape index (κ2) is 5.70. The topological polar surface area (TPSA) is 92.5 Å². The van der Waals surface area contributed by atoms with Gasteiger partial charge in [-0.1, -0.05) is 6.07 Å². The zero-order valence-corrected chi connectivity index (χ0v) is 11.6. The smallest absolute Gasteiger partial charge is 0.284 e. The summed E-state index contributed by atoms with van der Waals surface area (Å²) in [6.45, 7) is 0. The van der Waals surface area contributed by atoms with E-state index in [4.69, 9.17) is 0 Å². The first-order valence-electron chi connectivity index (χ1n) is 5.51. The molecule has 0 radical (unpaired) electrons. The van der Waals surface area contributed by atoms with Crippen LogP contribution in [0.4, 0.5) is 11.4 Å². The fourth-order valence-corrected chi connectivity index (χ4v) is 1.97. The second-order valence-electron chi connectivity index (χ2n) is 3.93. The van der Waals surface area contributed by atoms with Crippen LogP contribution in [0.1, 0.15) is 10.4 Å². The molecular weight excluding hydrogens is 328 g/mol. The second-order valence-corrected chi connectivity index (χ2v) is 4.78. The zero-order valence-electron chi connectivity index (χ0n) is 10.0. The molecule has 7 heteroatoms. The van der Waals surface area contributed by atoms with Crippen molar-refractivity contribution in [3.05, 3.63) is 62.6 Å². The van der Waals surface area contributed by atoms with Gasteiger partial charge in [-0.25, -0.2) is 0 Å². The summed E-state index contributed by atoms with van der Waals surface area (Å²) in [5.41, 5.74) is 0.373. The summed E-state index contributed by atoms with van der Waals surface area (Å²) in [7, 11) is 0. The Morgan fingerprint density at radius 2 is 2.00 bits per heavy atom. The number of phenolic OH excluding ortho intramolecular Hbond substituents is 1. The SMILES string of the molecule is O=C(Nc1cccc(O)c1)c1ccc(Br)c([N+](=O)[O-])c1. The maximum atomic E-state index is 12.0. The molecule has 2 aromatic carbocycles. The Labute approximate surface area is 122 Å². The quantitative estimate of drug-likeness (QED) is 0.664. The van der Waals surface area contributed by atoms with Gasteiger partial charge in [0.2, 0.25) is 0 Å². The van der Waals surface area contributed by atoms with Crippen LogP contribution in [0.15, 0.2) is 46.9 Å². The molecule has 2 rings (SSSR count). The number of hydrogen-bond donors (Lipinski definition) is 2. The van der Waals surface area contributed by atoms with Crippen LogP contribution in [0.2, 0.25) is 0 Å². The van der Waals surface area contributed by atoms with Gasteiger partial charge in [0.1, 0.15) is 5.75 Å². The van der Waals surface area contributed by atoms with Crippen LogP contribution in [-0.2, 0) is 0 Å². The lowest BCUT2D eigenvalue weighted by molar-refractivity contribution is -0.385. The molecule has 0 saturated heterocycles. The first kappa shape index (κ1) is 14.0. The van der Waals surface area contributed by atoms with Crippen LogP contribution < -0.4 is 5.32 Å². The average molecular weight is 337 g/mol. The van der Waals surface area contributed by atoms with Crippen molar-refractivity contribution in [1.82, 2.24) is 0 Å². The molecule has 0 atom stereocenters. The highest BCUT2D eigenvalue weighted by Crippen LogP contribution is 2.26. The van der Waals surface area contributed by atoms with E-state index in [9.17, 15) is 20.0 Å². The molecule has 0 aliphatic rings. The minimum atomic E-state index is -0.574. The van der Waals surface area contributed by atoms with Crippen LogP contribution in [0.5, 0.6) is 5.75 Å². The molecule has 102 valence electrons. The van der Waals surface area contributed by atoms with Crippen molar-refractivity contribution >= 4 is 33.2 Å².